The van der Waals surface area contributed by atoms with E-state index in [1.807, 2.05) is 13.8 Å². The third-order valence-electron chi connectivity index (χ3n) is 4.24. The Labute approximate surface area is 175 Å². The van der Waals surface area contributed by atoms with Crippen LogP contribution in [0.3, 0.4) is 0 Å². The molecular formula is C22H26O8. The molecule has 0 aromatic heterocycles. The third kappa shape index (κ3) is 5.64. The van der Waals surface area contributed by atoms with Gasteiger partial charge < -0.3 is 28.8 Å². The van der Waals surface area contributed by atoms with Crippen LogP contribution in [0.25, 0.3) is 0 Å². The van der Waals surface area contributed by atoms with Crippen molar-refractivity contribution in [1.29, 1.82) is 0 Å². The zero-order valence-corrected chi connectivity index (χ0v) is 17.4. The molecule has 1 heterocycles. The van der Waals surface area contributed by atoms with Gasteiger partial charge in [-0.05, 0) is 36.8 Å². The molecule has 0 bridgehead atoms. The topological polar surface area (TPSA) is 101 Å². The molecule has 1 N–H and O–H groups in total. The molecular weight excluding hydrogens is 392 g/mol. The van der Waals surface area contributed by atoms with Crippen molar-refractivity contribution in [1.82, 2.24) is 0 Å². The lowest BCUT2D eigenvalue weighted by molar-refractivity contribution is 0.0882. The molecule has 0 saturated carbocycles. The van der Waals surface area contributed by atoms with Crippen LogP contribution in [0.15, 0.2) is 42.5 Å². The molecule has 0 amide bonds. The zero-order chi connectivity index (χ0) is 22.1. The molecule has 0 spiro atoms. The molecule has 3 rings (SSSR count). The van der Waals surface area contributed by atoms with Crippen LogP contribution in [-0.4, -0.2) is 37.7 Å². The van der Waals surface area contributed by atoms with Gasteiger partial charge >= 0.3 is 12.3 Å². The monoisotopic (exact) mass is 418 g/mol. The van der Waals surface area contributed by atoms with E-state index in [9.17, 15) is 14.7 Å². The highest BCUT2D eigenvalue weighted by molar-refractivity contribution is 5.64. The van der Waals surface area contributed by atoms with E-state index in [1.54, 1.807) is 43.3 Å². The summed E-state index contributed by atoms with van der Waals surface area (Å²) in [5, 5.41) is 10.8. The fourth-order valence-electron chi connectivity index (χ4n) is 2.88. The minimum atomic E-state index is -0.834. The molecule has 0 saturated heterocycles. The Morgan fingerprint density at radius 2 is 1.67 bits per heavy atom. The summed E-state index contributed by atoms with van der Waals surface area (Å²) in [7, 11) is 1.22. The molecule has 2 aromatic rings. The molecule has 0 aliphatic carbocycles. The van der Waals surface area contributed by atoms with Crippen molar-refractivity contribution in [2.45, 2.75) is 32.8 Å². The number of fused-ring (bicyclic) bond motifs is 1. The highest BCUT2D eigenvalue weighted by Gasteiger charge is 2.31. The molecule has 0 fully saturated rings. The highest BCUT2D eigenvalue weighted by Crippen LogP contribution is 2.42. The Hall–Kier alpha value is -3.26. The molecule has 0 radical (unpaired) electrons. The maximum atomic E-state index is 11.4. The minimum absolute atomic E-state index is 0.230. The second-order valence-corrected chi connectivity index (χ2v) is 5.97. The van der Waals surface area contributed by atoms with Gasteiger partial charge in [0.25, 0.3) is 0 Å². The van der Waals surface area contributed by atoms with Crippen molar-refractivity contribution >= 4 is 12.3 Å². The van der Waals surface area contributed by atoms with Crippen molar-refractivity contribution in [2.75, 3.05) is 20.3 Å². The SMILES string of the molecule is CC.CCOC(=O)Oc1ccc(C2COc3cc(OC(=O)OC)ccc3C2O)cc1. The molecule has 8 heteroatoms. The number of hydrogen-bond acceptors (Lipinski definition) is 8. The van der Waals surface area contributed by atoms with Gasteiger partial charge in [-0.15, -0.1) is 0 Å². The lowest BCUT2D eigenvalue weighted by Crippen LogP contribution is -2.24. The summed E-state index contributed by atoms with van der Waals surface area (Å²) in [6, 6.07) is 11.5. The number of benzene rings is 2. The van der Waals surface area contributed by atoms with Crippen molar-refractivity contribution in [3.8, 4) is 17.2 Å². The maximum Gasteiger partial charge on any atom is 0.513 e. The number of ether oxygens (including phenoxy) is 5. The Bertz CT molecular complexity index is 847. The normalized spacial score (nSPS) is 16.7. The zero-order valence-electron chi connectivity index (χ0n) is 17.4. The van der Waals surface area contributed by atoms with Crippen LogP contribution >= 0.6 is 0 Å². The molecule has 30 heavy (non-hydrogen) atoms. The average Bonchev–Trinajstić information content (AvgIpc) is 2.76. The van der Waals surface area contributed by atoms with Gasteiger partial charge in [0, 0.05) is 17.5 Å². The number of carbonyl (C=O) groups is 2. The summed E-state index contributed by atoms with van der Waals surface area (Å²) in [5.41, 5.74) is 1.41. The van der Waals surface area contributed by atoms with E-state index in [1.165, 1.54) is 13.2 Å². The van der Waals surface area contributed by atoms with E-state index in [2.05, 4.69) is 4.74 Å². The van der Waals surface area contributed by atoms with E-state index in [-0.39, 0.29) is 24.9 Å². The van der Waals surface area contributed by atoms with Gasteiger partial charge in [-0.2, -0.15) is 0 Å². The van der Waals surface area contributed by atoms with Gasteiger partial charge in [0.1, 0.15) is 17.2 Å². The lowest BCUT2D eigenvalue weighted by atomic mass is 9.87. The maximum absolute atomic E-state index is 11.4. The predicted molar refractivity (Wildman–Crippen MR) is 108 cm³/mol. The Balaban J connectivity index is 0.00000155. The quantitative estimate of drug-likeness (QED) is 0.568. The van der Waals surface area contributed by atoms with Gasteiger partial charge in [0.2, 0.25) is 0 Å². The van der Waals surface area contributed by atoms with Crippen molar-refractivity contribution in [3.63, 3.8) is 0 Å². The van der Waals surface area contributed by atoms with E-state index in [0.29, 0.717) is 17.1 Å². The molecule has 1 aliphatic rings. The van der Waals surface area contributed by atoms with E-state index >= 15 is 0 Å². The van der Waals surface area contributed by atoms with Crippen LogP contribution in [0, 0.1) is 0 Å². The summed E-state index contributed by atoms with van der Waals surface area (Å²) in [6.45, 7) is 6.15. The highest BCUT2D eigenvalue weighted by atomic mass is 16.7. The molecule has 1 aliphatic heterocycles. The largest absolute Gasteiger partial charge is 0.513 e. The first-order valence-electron chi connectivity index (χ1n) is 9.67. The number of aliphatic hydroxyl groups is 1. The number of rotatable bonds is 4. The molecule has 2 unspecified atom stereocenters. The van der Waals surface area contributed by atoms with E-state index in [4.69, 9.17) is 18.9 Å². The molecule has 8 nitrogen and oxygen atoms in total. The lowest BCUT2D eigenvalue weighted by Gasteiger charge is -2.30. The summed E-state index contributed by atoms with van der Waals surface area (Å²) >= 11 is 0. The molecule has 2 atom stereocenters. The standard InChI is InChI=1S/C20H20O8.C2H6/c1-3-25-20(23)27-13-6-4-12(5-7-13)16-11-26-17-10-14(28-19(22)24-2)8-9-15(17)18(16)21;1-2/h4-10,16,18,21H,3,11H2,1-2H3;1-2H3. The summed E-state index contributed by atoms with van der Waals surface area (Å²) in [6.07, 6.45) is -2.41. The first-order chi connectivity index (χ1) is 14.5. The second-order valence-electron chi connectivity index (χ2n) is 5.97. The second kappa shape index (κ2) is 11.1. The first kappa shape index (κ1) is 23.0. The van der Waals surface area contributed by atoms with Crippen LogP contribution in [0.1, 0.15) is 43.9 Å². The van der Waals surface area contributed by atoms with Crippen LogP contribution in [0.4, 0.5) is 9.59 Å². The van der Waals surface area contributed by atoms with Crippen molar-refractivity contribution in [2.24, 2.45) is 0 Å². The Morgan fingerprint density at radius 3 is 2.30 bits per heavy atom. The van der Waals surface area contributed by atoms with Gasteiger partial charge in [0.05, 0.1) is 26.4 Å². The van der Waals surface area contributed by atoms with Gasteiger partial charge in [-0.1, -0.05) is 26.0 Å². The van der Waals surface area contributed by atoms with Gasteiger partial charge in [-0.3, -0.25) is 0 Å². The fraction of sp³-hybridized carbons (Fsp3) is 0.364. The molecule has 2 aromatic carbocycles. The third-order valence-corrected chi connectivity index (χ3v) is 4.24. The van der Waals surface area contributed by atoms with Crippen molar-refractivity contribution in [3.05, 3.63) is 53.6 Å². The minimum Gasteiger partial charge on any atom is -0.492 e. The predicted octanol–water partition coefficient (Wildman–Crippen LogP) is 4.60. The number of aliphatic hydroxyl groups excluding tert-OH is 1. The first-order valence-corrected chi connectivity index (χ1v) is 9.67. The summed E-state index contributed by atoms with van der Waals surface area (Å²) in [4.78, 5) is 22.6. The average molecular weight is 418 g/mol. The number of carbonyl (C=O) groups excluding carboxylic acids is 2. The smallest absolute Gasteiger partial charge is 0.492 e. The van der Waals surface area contributed by atoms with Gasteiger partial charge in [-0.25, -0.2) is 9.59 Å². The summed E-state index contributed by atoms with van der Waals surface area (Å²) in [5.74, 6) is 0.735. The Kier molecular flexibility index (Phi) is 8.49. The Morgan fingerprint density at radius 1 is 1.03 bits per heavy atom. The number of hydrogen-bond donors (Lipinski definition) is 1. The van der Waals surface area contributed by atoms with Crippen LogP contribution in [0.5, 0.6) is 17.2 Å². The van der Waals surface area contributed by atoms with Crippen LogP contribution < -0.4 is 14.2 Å². The molecule has 162 valence electrons. The van der Waals surface area contributed by atoms with E-state index < -0.39 is 18.4 Å². The number of methoxy groups -OCH3 is 1. The van der Waals surface area contributed by atoms with Gasteiger partial charge in [0.15, 0.2) is 0 Å². The van der Waals surface area contributed by atoms with Crippen LogP contribution in [-0.2, 0) is 9.47 Å². The van der Waals surface area contributed by atoms with Crippen molar-refractivity contribution < 1.29 is 38.4 Å². The summed E-state index contributed by atoms with van der Waals surface area (Å²) < 4.78 is 24.9. The van der Waals surface area contributed by atoms with E-state index in [0.717, 1.165) is 5.56 Å². The fourth-order valence-corrected chi connectivity index (χ4v) is 2.88. The van der Waals surface area contributed by atoms with Crippen LogP contribution in [0.2, 0.25) is 0 Å².